The molecule has 4 nitrogen and oxygen atoms in total. The molecule has 178 valence electrons. The van der Waals surface area contributed by atoms with Crippen LogP contribution in [0.2, 0.25) is 0 Å². The lowest BCUT2D eigenvalue weighted by molar-refractivity contribution is 0.103. The van der Waals surface area contributed by atoms with Gasteiger partial charge in [0.2, 0.25) is 0 Å². The SMILES string of the molecule is Cc1ccc(C(=O)c2cccc(C(=O)c3ccc(N4c5ccccc5Oc5ccccc54)cc3)c2)cc1. The van der Waals surface area contributed by atoms with Gasteiger partial charge in [0.05, 0.1) is 11.4 Å². The molecule has 5 aromatic rings. The average molecular weight is 482 g/mol. The lowest BCUT2D eigenvalue weighted by atomic mass is 9.97. The normalized spacial score (nSPS) is 11.8. The maximum absolute atomic E-state index is 13.3. The van der Waals surface area contributed by atoms with Crippen molar-refractivity contribution in [2.45, 2.75) is 6.92 Å². The number of fused-ring (bicyclic) bond motifs is 2. The van der Waals surface area contributed by atoms with Crippen molar-refractivity contribution < 1.29 is 14.3 Å². The molecular formula is C33H23NO3. The quantitative estimate of drug-likeness (QED) is 0.234. The van der Waals surface area contributed by atoms with E-state index in [4.69, 9.17) is 4.74 Å². The molecule has 4 heteroatoms. The van der Waals surface area contributed by atoms with Crippen LogP contribution < -0.4 is 9.64 Å². The first-order valence-electron chi connectivity index (χ1n) is 12.1. The summed E-state index contributed by atoms with van der Waals surface area (Å²) < 4.78 is 6.09. The summed E-state index contributed by atoms with van der Waals surface area (Å²) in [7, 11) is 0. The Balaban J connectivity index is 1.30. The van der Waals surface area contributed by atoms with Crippen LogP contribution in [0.5, 0.6) is 11.5 Å². The summed E-state index contributed by atoms with van der Waals surface area (Å²) in [5.41, 5.74) is 6.01. The summed E-state index contributed by atoms with van der Waals surface area (Å²) in [6.07, 6.45) is 0. The Morgan fingerprint density at radius 2 is 1.03 bits per heavy atom. The van der Waals surface area contributed by atoms with E-state index >= 15 is 0 Å². The van der Waals surface area contributed by atoms with Gasteiger partial charge in [-0.1, -0.05) is 72.3 Å². The van der Waals surface area contributed by atoms with Crippen LogP contribution in [0.15, 0.2) is 121 Å². The van der Waals surface area contributed by atoms with E-state index in [0.717, 1.165) is 34.1 Å². The van der Waals surface area contributed by atoms with Gasteiger partial charge in [-0.15, -0.1) is 0 Å². The van der Waals surface area contributed by atoms with Crippen molar-refractivity contribution in [1.29, 1.82) is 0 Å². The Morgan fingerprint density at radius 3 is 1.57 bits per heavy atom. The van der Waals surface area contributed by atoms with Crippen molar-refractivity contribution in [2.24, 2.45) is 0 Å². The molecule has 1 aliphatic rings. The number of ketones is 2. The molecule has 0 radical (unpaired) electrons. The second-order valence-electron chi connectivity index (χ2n) is 9.02. The number of nitrogens with zero attached hydrogens (tertiary/aromatic N) is 1. The lowest BCUT2D eigenvalue weighted by Crippen LogP contribution is -2.15. The summed E-state index contributed by atoms with van der Waals surface area (Å²) in [6, 6.07) is 37.7. The van der Waals surface area contributed by atoms with Gasteiger partial charge in [0, 0.05) is 27.9 Å². The number of anilines is 3. The average Bonchev–Trinajstić information content (AvgIpc) is 2.96. The zero-order chi connectivity index (χ0) is 25.4. The van der Waals surface area contributed by atoms with Crippen molar-refractivity contribution in [3.63, 3.8) is 0 Å². The Bertz CT molecular complexity index is 1590. The van der Waals surface area contributed by atoms with Crippen LogP contribution in [0.4, 0.5) is 17.1 Å². The molecule has 0 aliphatic carbocycles. The van der Waals surface area contributed by atoms with Crippen molar-refractivity contribution in [3.8, 4) is 11.5 Å². The zero-order valence-electron chi connectivity index (χ0n) is 20.2. The largest absolute Gasteiger partial charge is 0.453 e. The van der Waals surface area contributed by atoms with Gasteiger partial charge in [-0.05, 0) is 61.5 Å². The summed E-state index contributed by atoms with van der Waals surface area (Å²) in [5.74, 6) is 1.32. The van der Waals surface area contributed by atoms with Crippen molar-refractivity contribution >= 4 is 28.6 Å². The van der Waals surface area contributed by atoms with Gasteiger partial charge >= 0.3 is 0 Å². The standard InChI is InChI=1S/C33H23NO3/c1-22-13-15-23(16-14-22)32(35)25-7-6-8-26(21-25)33(36)24-17-19-27(20-18-24)34-28-9-2-4-11-30(28)37-31-12-5-3-10-29(31)34/h2-21H,1H3. The Kier molecular flexibility index (Phi) is 5.62. The molecule has 0 N–H and O–H groups in total. The molecule has 0 spiro atoms. The minimum Gasteiger partial charge on any atom is -0.453 e. The van der Waals surface area contributed by atoms with E-state index in [9.17, 15) is 9.59 Å². The Morgan fingerprint density at radius 1 is 0.541 bits per heavy atom. The predicted molar refractivity (Wildman–Crippen MR) is 146 cm³/mol. The molecule has 5 aromatic carbocycles. The maximum Gasteiger partial charge on any atom is 0.193 e. The number of aryl methyl sites for hydroxylation is 1. The van der Waals surface area contributed by atoms with Gasteiger partial charge in [-0.2, -0.15) is 0 Å². The smallest absolute Gasteiger partial charge is 0.193 e. The highest BCUT2D eigenvalue weighted by molar-refractivity contribution is 6.13. The highest BCUT2D eigenvalue weighted by Gasteiger charge is 2.25. The highest BCUT2D eigenvalue weighted by Crippen LogP contribution is 2.49. The van der Waals surface area contributed by atoms with E-state index in [2.05, 4.69) is 4.90 Å². The van der Waals surface area contributed by atoms with E-state index < -0.39 is 0 Å². The Labute approximate surface area is 215 Å². The monoisotopic (exact) mass is 481 g/mol. The molecular weight excluding hydrogens is 458 g/mol. The molecule has 1 aliphatic heterocycles. The molecule has 0 bridgehead atoms. The van der Waals surface area contributed by atoms with Crippen LogP contribution in [-0.4, -0.2) is 11.6 Å². The van der Waals surface area contributed by atoms with Crippen LogP contribution in [0.3, 0.4) is 0 Å². The predicted octanol–water partition coefficient (Wildman–Crippen LogP) is 8.03. The summed E-state index contributed by atoms with van der Waals surface area (Å²) in [6.45, 7) is 1.98. The molecule has 37 heavy (non-hydrogen) atoms. The van der Waals surface area contributed by atoms with E-state index in [1.807, 2.05) is 104 Å². The van der Waals surface area contributed by atoms with Crippen molar-refractivity contribution in [2.75, 3.05) is 4.90 Å². The molecule has 0 saturated heterocycles. The fourth-order valence-corrected chi connectivity index (χ4v) is 4.58. The number of carbonyl (C=O) groups excluding carboxylic acids is 2. The first kappa shape index (κ1) is 22.5. The third kappa shape index (κ3) is 4.19. The van der Waals surface area contributed by atoms with Gasteiger partial charge in [-0.25, -0.2) is 0 Å². The van der Waals surface area contributed by atoms with Gasteiger partial charge < -0.3 is 9.64 Å². The third-order valence-corrected chi connectivity index (χ3v) is 6.52. The van der Waals surface area contributed by atoms with E-state index in [0.29, 0.717) is 22.3 Å². The minimum atomic E-state index is -0.132. The maximum atomic E-state index is 13.3. The van der Waals surface area contributed by atoms with Gasteiger partial charge in [0.25, 0.3) is 0 Å². The molecule has 0 amide bonds. The fraction of sp³-hybridized carbons (Fsp3) is 0.0303. The first-order valence-corrected chi connectivity index (χ1v) is 12.1. The Hall–Kier alpha value is -4.96. The molecule has 1 heterocycles. The molecule has 0 fully saturated rings. The molecule has 0 aromatic heterocycles. The number of para-hydroxylation sites is 4. The van der Waals surface area contributed by atoms with Crippen molar-refractivity contribution in [3.05, 3.63) is 149 Å². The second kappa shape index (κ2) is 9.25. The van der Waals surface area contributed by atoms with Gasteiger partial charge in [0.15, 0.2) is 23.1 Å². The van der Waals surface area contributed by atoms with E-state index in [1.165, 1.54) is 0 Å². The summed E-state index contributed by atoms with van der Waals surface area (Å²) in [4.78, 5) is 28.4. The number of ether oxygens (including phenoxy) is 1. The lowest BCUT2D eigenvalue weighted by Gasteiger charge is -2.32. The number of hydrogen-bond acceptors (Lipinski definition) is 4. The number of benzene rings is 5. The molecule has 0 atom stereocenters. The molecule has 0 saturated carbocycles. The topological polar surface area (TPSA) is 46.6 Å². The van der Waals surface area contributed by atoms with Gasteiger partial charge in [0.1, 0.15) is 0 Å². The van der Waals surface area contributed by atoms with E-state index in [1.54, 1.807) is 24.3 Å². The van der Waals surface area contributed by atoms with Crippen molar-refractivity contribution in [1.82, 2.24) is 0 Å². The van der Waals surface area contributed by atoms with Gasteiger partial charge in [-0.3, -0.25) is 9.59 Å². The number of rotatable bonds is 5. The van der Waals surface area contributed by atoms with Crippen LogP contribution >= 0.6 is 0 Å². The number of hydrogen-bond donors (Lipinski definition) is 0. The van der Waals surface area contributed by atoms with Crippen LogP contribution in [0.1, 0.15) is 37.4 Å². The second-order valence-corrected chi connectivity index (χ2v) is 9.02. The first-order chi connectivity index (χ1) is 18.1. The summed E-state index contributed by atoms with van der Waals surface area (Å²) in [5, 5.41) is 0. The number of carbonyl (C=O) groups is 2. The zero-order valence-corrected chi connectivity index (χ0v) is 20.2. The third-order valence-electron chi connectivity index (χ3n) is 6.52. The minimum absolute atomic E-state index is 0.102. The van der Waals surface area contributed by atoms with Crippen LogP contribution in [0, 0.1) is 6.92 Å². The van der Waals surface area contributed by atoms with Crippen LogP contribution in [0.25, 0.3) is 0 Å². The van der Waals surface area contributed by atoms with E-state index in [-0.39, 0.29) is 11.6 Å². The fourth-order valence-electron chi connectivity index (χ4n) is 4.58. The molecule has 0 unspecified atom stereocenters. The summed E-state index contributed by atoms with van der Waals surface area (Å²) >= 11 is 0. The highest BCUT2D eigenvalue weighted by atomic mass is 16.5. The molecule has 6 rings (SSSR count). The van der Waals surface area contributed by atoms with Crippen LogP contribution in [-0.2, 0) is 0 Å².